The normalized spacial score (nSPS) is 18.0. The third-order valence-corrected chi connectivity index (χ3v) is 5.63. The molecule has 0 bridgehead atoms. The van der Waals surface area contributed by atoms with E-state index in [0.29, 0.717) is 31.7 Å². The van der Waals surface area contributed by atoms with Crippen LogP contribution in [-0.2, 0) is 6.18 Å². The Morgan fingerprint density at radius 2 is 1.47 bits per heavy atom. The maximum absolute atomic E-state index is 14.9. The molecule has 1 aliphatic carbocycles. The van der Waals surface area contributed by atoms with E-state index in [-0.39, 0.29) is 29.7 Å². The molecule has 2 aromatic carbocycles. The summed E-state index contributed by atoms with van der Waals surface area (Å²) in [4.78, 5) is 9.41. The number of alkyl halides is 3. The fourth-order valence-electron chi connectivity index (χ4n) is 4.17. The molecule has 0 aromatic heterocycles. The van der Waals surface area contributed by atoms with Crippen LogP contribution in [0.4, 0.5) is 36.4 Å². The Morgan fingerprint density at radius 1 is 0.853 bits per heavy atom. The van der Waals surface area contributed by atoms with Gasteiger partial charge in [0.05, 0.1) is 11.3 Å². The average molecular weight is 489 g/mol. The van der Waals surface area contributed by atoms with Gasteiger partial charge in [0.2, 0.25) is 11.9 Å². The Morgan fingerprint density at radius 3 is 2.06 bits per heavy atom. The third kappa shape index (κ3) is 4.21. The van der Waals surface area contributed by atoms with Crippen molar-refractivity contribution in [3.8, 4) is 11.5 Å². The predicted octanol–water partition coefficient (Wildman–Crippen LogP) is 5.16. The lowest BCUT2D eigenvalue weighted by atomic mass is 9.87. The van der Waals surface area contributed by atoms with Gasteiger partial charge in [0.15, 0.2) is 29.0 Å². The number of hydrogen-bond donors (Lipinski definition) is 2. The van der Waals surface area contributed by atoms with Crippen molar-refractivity contribution in [2.24, 2.45) is 21.5 Å². The number of hydrogen-bond acceptors (Lipinski definition) is 6. The molecule has 1 saturated carbocycles. The molecule has 0 amide bonds. The minimum atomic E-state index is -5.02. The van der Waals surface area contributed by atoms with Gasteiger partial charge in [0.1, 0.15) is 11.5 Å². The molecule has 2 aliphatic rings. The number of nitrogens with zero attached hydrogens (tertiary/aromatic N) is 3. The largest absolute Gasteiger partial charge is 0.448 e. The second-order valence-corrected chi connectivity index (χ2v) is 7.92. The van der Waals surface area contributed by atoms with Crippen LogP contribution < -0.4 is 21.1 Å². The van der Waals surface area contributed by atoms with Gasteiger partial charge in [-0.25, -0.2) is 22.6 Å². The number of anilines is 1. The molecule has 0 radical (unpaired) electrons. The van der Waals surface area contributed by atoms with Crippen molar-refractivity contribution in [1.82, 2.24) is 0 Å². The number of guanidine groups is 2. The first-order valence-corrected chi connectivity index (χ1v) is 10.1. The SMILES string of the molecule is NC1=NC2(CCCCC2)N(c2cc(Oc3c(F)cc(C(F)(F)F)cc3F)c(F)cc2F)C(N)=N1. The number of ether oxygens (including phenoxy) is 1. The summed E-state index contributed by atoms with van der Waals surface area (Å²) >= 11 is 0. The summed E-state index contributed by atoms with van der Waals surface area (Å²) in [6.45, 7) is 0. The van der Waals surface area contributed by atoms with Gasteiger partial charge in [0, 0.05) is 12.1 Å². The molecular weight excluding hydrogens is 471 g/mol. The third-order valence-electron chi connectivity index (χ3n) is 5.63. The molecule has 13 heteroatoms. The predicted molar refractivity (Wildman–Crippen MR) is 109 cm³/mol. The summed E-state index contributed by atoms with van der Waals surface area (Å²) in [5.74, 6) is -8.41. The highest BCUT2D eigenvalue weighted by molar-refractivity contribution is 6.05. The van der Waals surface area contributed by atoms with Gasteiger partial charge in [-0.2, -0.15) is 18.2 Å². The van der Waals surface area contributed by atoms with Crippen molar-refractivity contribution in [3.05, 3.63) is 53.1 Å². The molecule has 0 unspecified atom stereocenters. The first-order chi connectivity index (χ1) is 15.9. The Labute approximate surface area is 188 Å². The minimum absolute atomic E-state index is 0.00451. The van der Waals surface area contributed by atoms with E-state index in [1.807, 2.05) is 0 Å². The van der Waals surface area contributed by atoms with Crippen molar-refractivity contribution in [2.45, 2.75) is 43.9 Å². The number of rotatable bonds is 3. The van der Waals surface area contributed by atoms with Crippen molar-refractivity contribution in [1.29, 1.82) is 0 Å². The van der Waals surface area contributed by atoms with Crippen LogP contribution in [0.3, 0.4) is 0 Å². The van der Waals surface area contributed by atoms with E-state index in [0.717, 1.165) is 12.5 Å². The smallest absolute Gasteiger partial charge is 0.416 e. The molecular formula is C21H18F7N5O. The maximum Gasteiger partial charge on any atom is 0.416 e. The number of halogens is 7. The first-order valence-electron chi connectivity index (χ1n) is 10.1. The fraction of sp³-hybridized carbons (Fsp3) is 0.333. The monoisotopic (exact) mass is 489 g/mol. The minimum Gasteiger partial charge on any atom is -0.448 e. The fourth-order valence-corrected chi connectivity index (χ4v) is 4.17. The summed E-state index contributed by atoms with van der Waals surface area (Å²) < 4.78 is 101. The van der Waals surface area contributed by atoms with Gasteiger partial charge < -0.3 is 16.2 Å². The zero-order valence-electron chi connectivity index (χ0n) is 17.4. The summed E-state index contributed by atoms with van der Waals surface area (Å²) in [6.07, 6.45) is -1.90. The van der Waals surface area contributed by atoms with Gasteiger partial charge in [-0.15, -0.1) is 0 Å². The van der Waals surface area contributed by atoms with E-state index < -0.39 is 52.2 Å². The Balaban J connectivity index is 1.78. The molecule has 2 aromatic rings. The zero-order valence-corrected chi connectivity index (χ0v) is 17.4. The second kappa shape index (κ2) is 8.37. The van der Waals surface area contributed by atoms with Crippen molar-refractivity contribution in [2.75, 3.05) is 4.90 Å². The highest BCUT2D eigenvalue weighted by Gasteiger charge is 2.44. The van der Waals surface area contributed by atoms with Gasteiger partial charge in [-0.3, -0.25) is 4.90 Å². The summed E-state index contributed by atoms with van der Waals surface area (Å²) in [5.41, 5.74) is 8.70. The average Bonchev–Trinajstić information content (AvgIpc) is 2.72. The lowest BCUT2D eigenvalue weighted by molar-refractivity contribution is -0.138. The highest BCUT2D eigenvalue weighted by atomic mass is 19.4. The first kappa shape index (κ1) is 23.6. The topological polar surface area (TPSA) is 89.2 Å². The molecule has 1 fully saturated rings. The Kier molecular flexibility index (Phi) is 5.82. The van der Waals surface area contributed by atoms with Gasteiger partial charge >= 0.3 is 6.18 Å². The van der Waals surface area contributed by atoms with Crippen LogP contribution in [0.25, 0.3) is 0 Å². The van der Waals surface area contributed by atoms with Crippen LogP contribution in [0.2, 0.25) is 0 Å². The Bertz CT molecular complexity index is 1170. The molecule has 1 spiro atoms. The van der Waals surface area contributed by atoms with Crippen LogP contribution >= 0.6 is 0 Å². The summed E-state index contributed by atoms with van der Waals surface area (Å²) in [6, 6.07) is 1.20. The highest BCUT2D eigenvalue weighted by Crippen LogP contribution is 2.43. The number of nitrogens with two attached hydrogens (primary N) is 2. The van der Waals surface area contributed by atoms with Crippen LogP contribution in [0.15, 0.2) is 34.3 Å². The quantitative estimate of drug-likeness (QED) is 0.583. The van der Waals surface area contributed by atoms with Crippen LogP contribution in [0, 0.1) is 23.3 Å². The molecule has 6 nitrogen and oxygen atoms in total. The van der Waals surface area contributed by atoms with E-state index in [2.05, 4.69) is 9.98 Å². The number of aliphatic imine (C=N–C) groups is 2. The molecule has 0 atom stereocenters. The molecule has 4 N–H and O–H groups in total. The van der Waals surface area contributed by atoms with E-state index in [1.165, 1.54) is 4.90 Å². The van der Waals surface area contributed by atoms with E-state index in [4.69, 9.17) is 16.2 Å². The Hall–Kier alpha value is -3.51. The lowest BCUT2D eigenvalue weighted by Gasteiger charge is -2.45. The summed E-state index contributed by atoms with van der Waals surface area (Å²) in [7, 11) is 0. The zero-order chi connectivity index (χ0) is 24.8. The maximum atomic E-state index is 14.9. The van der Waals surface area contributed by atoms with Crippen LogP contribution in [-0.4, -0.2) is 17.6 Å². The van der Waals surface area contributed by atoms with Crippen LogP contribution in [0.5, 0.6) is 11.5 Å². The number of benzene rings is 2. The van der Waals surface area contributed by atoms with Gasteiger partial charge in [0.25, 0.3) is 0 Å². The summed E-state index contributed by atoms with van der Waals surface area (Å²) in [5, 5.41) is 0. The van der Waals surface area contributed by atoms with Crippen molar-refractivity contribution < 1.29 is 35.5 Å². The standard InChI is InChI=1S/C21H18F7N5O/c22-11-8-12(23)16(34-17-13(24)6-10(7-14(17)25)21(26,27)28)9-15(11)33-19(30)31-18(29)32-20(33)4-2-1-3-5-20/h6-9H,1-5H2,(H4,29,30,31,32). The van der Waals surface area contributed by atoms with E-state index >= 15 is 0 Å². The lowest BCUT2D eigenvalue weighted by Crippen LogP contribution is -2.58. The van der Waals surface area contributed by atoms with E-state index in [1.54, 1.807) is 0 Å². The van der Waals surface area contributed by atoms with Gasteiger partial charge in [-0.05, 0) is 37.8 Å². The molecule has 0 saturated heterocycles. The van der Waals surface area contributed by atoms with E-state index in [9.17, 15) is 30.7 Å². The van der Waals surface area contributed by atoms with Crippen molar-refractivity contribution in [3.63, 3.8) is 0 Å². The molecule has 1 aliphatic heterocycles. The second-order valence-electron chi connectivity index (χ2n) is 7.92. The van der Waals surface area contributed by atoms with Gasteiger partial charge in [-0.1, -0.05) is 6.42 Å². The molecule has 4 rings (SSSR count). The molecule has 1 heterocycles. The molecule has 34 heavy (non-hydrogen) atoms. The van der Waals surface area contributed by atoms with Crippen molar-refractivity contribution >= 4 is 17.6 Å². The molecule has 182 valence electrons. The van der Waals surface area contributed by atoms with Crippen LogP contribution in [0.1, 0.15) is 37.7 Å².